The van der Waals surface area contributed by atoms with Gasteiger partial charge in [0, 0.05) is 7.05 Å². The van der Waals surface area contributed by atoms with Gasteiger partial charge in [-0.05, 0) is 31.2 Å². The number of likely N-dealkylation sites (N-methyl/N-ethyl adjacent to an activating group) is 1. The Hall–Kier alpha value is -2.11. The molecule has 0 aliphatic heterocycles. The van der Waals surface area contributed by atoms with E-state index in [0.717, 1.165) is 15.2 Å². The zero-order valence-corrected chi connectivity index (χ0v) is 15.0. The van der Waals surface area contributed by atoms with Gasteiger partial charge in [-0.1, -0.05) is 35.9 Å². The van der Waals surface area contributed by atoms with Crippen LogP contribution in [0.15, 0.2) is 48.5 Å². The number of nitrogens with zero attached hydrogens (tertiary/aromatic N) is 2. The molecule has 1 aromatic heterocycles. The van der Waals surface area contributed by atoms with Gasteiger partial charge in [-0.2, -0.15) is 0 Å². The number of hydrogen-bond acceptors (Lipinski definition) is 4. The van der Waals surface area contributed by atoms with Gasteiger partial charge >= 0.3 is 0 Å². The van der Waals surface area contributed by atoms with Gasteiger partial charge in [0.25, 0.3) is 5.91 Å². The summed E-state index contributed by atoms with van der Waals surface area (Å²) >= 11 is 7.63. The summed E-state index contributed by atoms with van der Waals surface area (Å²) in [5.41, 5.74) is 0.956. The average molecular weight is 361 g/mol. The van der Waals surface area contributed by atoms with Crippen LogP contribution >= 0.6 is 22.9 Å². The second-order valence-electron chi connectivity index (χ2n) is 5.42. The molecule has 0 unspecified atom stereocenters. The van der Waals surface area contributed by atoms with Crippen molar-refractivity contribution in [2.45, 2.75) is 13.0 Å². The Bertz CT molecular complexity index is 832. The van der Waals surface area contributed by atoms with Gasteiger partial charge in [-0.15, -0.1) is 11.3 Å². The molecule has 0 aliphatic rings. The predicted octanol–water partition coefficient (Wildman–Crippen LogP) is 4.55. The van der Waals surface area contributed by atoms with Gasteiger partial charge in [0.05, 0.1) is 21.3 Å². The topological polar surface area (TPSA) is 42.4 Å². The largest absolute Gasteiger partial charge is 0.482 e. The fraction of sp³-hybridized carbons (Fsp3) is 0.222. The van der Waals surface area contributed by atoms with Gasteiger partial charge in [0.1, 0.15) is 10.8 Å². The lowest BCUT2D eigenvalue weighted by molar-refractivity contribution is -0.134. The number of amides is 1. The molecule has 124 valence electrons. The second kappa shape index (κ2) is 7.20. The van der Waals surface area contributed by atoms with Crippen molar-refractivity contribution < 1.29 is 9.53 Å². The van der Waals surface area contributed by atoms with E-state index in [9.17, 15) is 4.79 Å². The molecule has 24 heavy (non-hydrogen) atoms. The molecular weight excluding hydrogens is 344 g/mol. The molecule has 1 heterocycles. The van der Waals surface area contributed by atoms with E-state index in [0.29, 0.717) is 10.8 Å². The minimum atomic E-state index is -0.123. The standard InChI is InChI=1S/C18H17ClN2O2S/c1-12(18-20-14-8-4-6-10-16(14)24-18)21(2)17(22)11-23-15-9-5-3-7-13(15)19/h3-10,12H,11H2,1-2H3/t12-/m1/s1. The molecule has 1 atom stereocenters. The Morgan fingerprint density at radius 3 is 2.71 bits per heavy atom. The van der Waals surface area contributed by atoms with Gasteiger partial charge < -0.3 is 9.64 Å². The van der Waals surface area contributed by atoms with Crippen molar-refractivity contribution in [3.05, 3.63) is 58.6 Å². The molecule has 6 heteroatoms. The number of carbonyl (C=O) groups is 1. The lowest BCUT2D eigenvalue weighted by Crippen LogP contribution is -2.33. The van der Waals surface area contributed by atoms with E-state index in [1.54, 1.807) is 35.4 Å². The number of fused-ring (bicyclic) bond motifs is 1. The molecule has 0 radical (unpaired) electrons. The van der Waals surface area contributed by atoms with Crippen LogP contribution < -0.4 is 4.74 Å². The van der Waals surface area contributed by atoms with E-state index >= 15 is 0 Å². The Balaban J connectivity index is 1.67. The first-order chi connectivity index (χ1) is 11.6. The zero-order valence-electron chi connectivity index (χ0n) is 13.4. The van der Waals surface area contributed by atoms with Crippen LogP contribution in [0.2, 0.25) is 5.02 Å². The Morgan fingerprint density at radius 2 is 1.96 bits per heavy atom. The summed E-state index contributed by atoms with van der Waals surface area (Å²) < 4.78 is 6.64. The van der Waals surface area contributed by atoms with Crippen LogP contribution in [-0.4, -0.2) is 29.4 Å². The molecular formula is C18H17ClN2O2S. The highest BCUT2D eigenvalue weighted by Gasteiger charge is 2.21. The van der Waals surface area contributed by atoms with Crippen molar-refractivity contribution in [3.63, 3.8) is 0 Å². The van der Waals surface area contributed by atoms with Crippen molar-refractivity contribution in [2.24, 2.45) is 0 Å². The van der Waals surface area contributed by atoms with Gasteiger partial charge in [0.2, 0.25) is 0 Å². The van der Waals surface area contributed by atoms with Crippen LogP contribution in [0.1, 0.15) is 18.0 Å². The third-order valence-corrected chi connectivity index (χ3v) is 5.35. The van der Waals surface area contributed by atoms with Crippen molar-refractivity contribution in [1.82, 2.24) is 9.88 Å². The van der Waals surface area contributed by atoms with Crippen LogP contribution in [0.5, 0.6) is 5.75 Å². The average Bonchev–Trinajstić information content (AvgIpc) is 3.03. The van der Waals surface area contributed by atoms with Gasteiger partial charge in [0.15, 0.2) is 6.61 Å². The normalized spacial score (nSPS) is 12.1. The Morgan fingerprint density at radius 1 is 1.25 bits per heavy atom. The number of rotatable bonds is 5. The van der Waals surface area contributed by atoms with E-state index in [1.165, 1.54) is 0 Å². The molecule has 3 rings (SSSR count). The van der Waals surface area contributed by atoms with Gasteiger partial charge in [-0.3, -0.25) is 4.79 Å². The maximum atomic E-state index is 12.4. The van der Waals surface area contributed by atoms with Crippen LogP contribution in [0.25, 0.3) is 10.2 Å². The molecule has 0 aliphatic carbocycles. The number of para-hydroxylation sites is 2. The minimum Gasteiger partial charge on any atom is -0.482 e. The van der Waals surface area contributed by atoms with Gasteiger partial charge in [-0.25, -0.2) is 4.98 Å². The smallest absolute Gasteiger partial charge is 0.260 e. The van der Waals surface area contributed by atoms with Crippen LogP contribution in [-0.2, 0) is 4.79 Å². The monoisotopic (exact) mass is 360 g/mol. The number of thiazole rings is 1. The fourth-order valence-electron chi connectivity index (χ4n) is 2.25. The summed E-state index contributed by atoms with van der Waals surface area (Å²) in [5, 5.41) is 1.40. The Labute approximate surface area is 149 Å². The van der Waals surface area contributed by atoms with Crippen molar-refractivity contribution in [1.29, 1.82) is 0 Å². The summed E-state index contributed by atoms with van der Waals surface area (Å²) in [6.45, 7) is 1.90. The summed E-state index contributed by atoms with van der Waals surface area (Å²) in [6.07, 6.45) is 0. The maximum Gasteiger partial charge on any atom is 0.260 e. The molecule has 0 N–H and O–H groups in total. The summed E-state index contributed by atoms with van der Waals surface area (Å²) in [5.74, 6) is 0.384. The van der Waals surface area contributed by atoms with Crippen LogP contribution in [0.3, 0.4) is 0 Å². The minimum absolute atomic E-state index is 0.0601. The first-order valence-corrected chi connectivity index (χ1v) is 8.74. The third kappa shape index (κ3) is 3.52. The molecule has 2 aromatic carbocycles. The lowest BCUT2D eigenvalue weighted by Gasteiger charge is -2.23. The number of carbonyl (C=O) groups excluding carboxylic acids is 1. The van der Waals surface area contributed by atoms with Crippen molar-refractivity contribution >= 4 is 39.1 Å². The molecule has 1 amide bonds. The summed E-state index contributed by atoms with van der Waals surface area (Å²) in [7, 11) is 1.76. The first kappa shape index (κ1) is 16.7. The zero-order chi connectivity index (χ0) is 17.1. The second-order valence-corrected chi connectivity index (χ2v) is 6.89. The molecule has 3 aromatic rings. The number of hydrogen-bond donors (Lipinski definition) is 0. The van der Waals surface area contributed by atoms with E-state index in [1.807, 2.05) is 43.3 Å². The number of ether oxygens (including phenoxy) is 1. The maximum absolute atomic E-state index is 12.4. The van der Waals surface area contributed by atoms with E-state index in [-0.39, 0.29) is 18.6 Å². The third-order valence-electron chi connectivity index (χ3n) is 3.83. The summed E-state index contributed by atoms with van der Waals surface area (Å²) in [4.78, 5) is 18.7. The SMILES string of the molecule is C[C@H](c1nc2ccccc2s1)N(C)C(=O)COc1ccccc1Cl. The number of benzene rings is 2. The number of aromatic nitrogens is 1. The van der Waals surface area contributed by atoms with Crippen LogP contribution in [0, 0.1) is 0 Å². The first-order valence-electron chi connectivity index (χ1n) is 7.54. The molecule has 0 spiro atoms. The summed E-state index contributed by atoms with van der Waals surface area (Å²) in [6, 6.07) is 14.9. The quantitative estimate of drug-likeness (QED) is 0.670. The molecule has 0 saturated heterocycles. The predicted molar refractivity (Wildman–Crippen MR) is 97.8 cm³/mol. The highest BCUT2D eigenvalue weighted by atomic mass is 35.5. The molecule has 0 bridgehead atoms. The highest BCUT2D eigenvalue weighted by molar-refractivity contribution is 7.18. The van der Waals surface area contributed by atoms with E-state index in [4.69, 9.17) is 16.3 Å². The van der Waals surface area contributed by atoms with Crippen molar-refractivity contribution in [2.75, 3.05) is 13.7 Å². The van der Waals surface area contributed by atoms with E-state index < -0.39 is 0 Å². The molecule has 0 fully saturated rings. The lowest BCUT2D eigenvalue weighted by atomic mass is 10.3. The highest BCUT2D eigenvalue weighted by Crippen LogP contribution is 2.29. The molecule has 4 nitrogen and oxygen atoms in total. The van der Waals surface area contributed by atoms with Crippen LogP contribution in [0.4, 0.5) is 0 Å². The van der Waals surface area contributed by atoms with Crippen molar-refractivity contribution in [3.8, 4) is 5.75 Å². The number of halogens is 1. The van der Waals surface area contributed by atoms with E-state index in [2.05, 4.69) is 4.98 Å². The molecule has 0 saturated carbocycles. The Kier molecular flexibility index (Phi) is 5.02. The fourth-order valence-corrected chi connectivity index (χ4v) is 3.51.